The largest absolute Gasteiger partial charge is 0.466 e. The third kappa shape index (κ3) is 4.09. The van der Waals surface area contributed by atoms with Crippen LogP contribution >= 0.6 is 0 Å². The van der Waals surface area contributed by atoms with Crippen LogP contribution in [0.1, 0.15) is 78.4 Å². The fourth-order valence-electron chi connectivity index (χ4n) is 7.98. The first-order chi connectivity index (χ1) is 16.0. The van der Waals surface area contributed by atoms with Gasteiger partial charge in [-0.05, 0) is 80.2 Å². The molecule has 0 amide bonds. The van der Waals surface area contributed by atoms with Crippen LogP contribution in [0.15, 0.2) is 22.8 Å². The lowest BCUT2D eigenvalue weighted by atomic mass is 9.48. The Labute approximate surface area is 202 Å². The normalized spacial score (nSPS) is 42.1. The number of aliphatic hydroxyl groups excluding tert-OH is 1. The molecule has 0 spiro atoms. The van der Waals surface area contributed by atoms with Crippen LogP contribution in [-0.4, -0.2) is 41.5 Å². The summed E-state index contributed by atoms with van der Waals surface area (Å²) < 4.78 is 16.7. The van der Waals surface area contributed by atoms with E-state index in [0.717, 1.165) is 32.1 Å². The Morgan fingerprint density at radius 3 is 2.44 bits per heavy atom. The smallest absolute Gasteiger partial charge is 0.302 e. The van der Waals surface area contributed by atoms with Crippen molar-refractivity contribution in [1.29, 1.82) is 0 Å². The van der Waals surface area contributed by atoms with Gasteiger partial charge in [0, 0.05) is 31.8 Å². The Morgan fingerprint density at radius 2 is 1.82 bits per heavy atom. The molecule has 2 N–H and O–H groups in total. The van der Waals surface area contributed by atoms with Crippen LogP contribution in [0.2, 0.25) is 0 Å². The van der Waals surface area contributed by atoms with Crippen LogP contribution in [-0.2, 0) is 24.7 Å². The van der Waals surface area contributed by atoms with Crippen molar-refractivity contribution < 1.29 is 33.7 Å². The van der Waals surface area contributed by atoms with E-state index in [1.807, 2.05) is 12.1 Å². The number of hydrogen-bond acceptors (Lipinski definition) is 7. The average molecular weight is 477 g/mol. The highest BCUT2D eigenvalue weighted by Gasteiger charge is 2.65. The Bertz CT molecular complexity index is 882. The molecule has 1 heterocycles. The van der Waals surface area contributed by atoms with Crippen molar-refractivity contribution in [2.45, 2.75) is 84.3 Å². The first-order valence-electron chi connectivity index (χ1n) is 12.7. The molecule has 1 aromatic rings. The number of carbonyl (C=O) groups is 2. The fourth-order valence-corrected chi connectivity index (χ4v) is 7.98. The van der Waals surface area contributed by atoms with E-state index in [-0.39, 0.29) is 65.8 Å². The van der Waals surface area contributed by atoms with Gasteiger partial charge in [-0.2, -0.15) is 0 Å². The van der Waals surface area contributed by atoms with E-state index in [9.17, 15) is 19.8 Å². The molecule has 3 saturated carbocycles. The fraction of sp³-hybridized carbons (Fsp3) is 0.778. The summed E-state index contributed by atoms with van der Waals surface area (Å²) in [6.45, 7) is 7.61. The maximum atomic E-state index is 11.8. The van der Waals surface area contributed by atoms with E-state index in [2.05, 4.69) is 13.8 Å². The SMILES string of the molecule is CC(=O)OC[C@H]1C[C@@H](OC(C)=O)CC[C@]1(C)[C@H]1CC[C@@]2(C)[C@@H](CC[C@@]2(O)c2ccco2)[C@@H]1CO. The van der Waals surface area contributed by atoms with Crippen LogP contribution in [0.3, 0.4) is 0 Å². The summed E-state index contributed by atoms with van der Waals surface area (Å²) in [6, 6.07) is 3.68. The van der Waals surface area contributed by atoms with E-state index < -0.39 is 5.60 Å². The van der Waals surface area contributed by atoms with Crippen LogP contribution in [0.4, 0.5) is 0 Å². The number of aliphatic hydroxyl groups is 2. The molecule has 0 aromatic carbocycles. The summed E-state index contributed by atoms with van der Waals surface area (Å²) in [7, 11) is 0. The van der Waals surface area contributed by atoms with Crippen molar-refractivity contribution in [3.05, 3.63) is 24.2 Å². The number of furan rings is 1. The minimum absolute atomic E-state index is 0.0258. The number of fused-ring (bicyclic) bond motifs is 1. The minimum Gasteiger partial charge on any atom is -0.466 e. The molecule has 0 aliphatic heterocycles. The summed E-state index contributed by atoms with van der Waals surface area (Å²) in [5, 5.41) is 22.5. The molecule has 3 aliphatic carbocycles. The maximum Gasteiger partial charge on any atom is 0.302 e. The molecular formula is C27H40O7. The highest BCUT2D eigenvalue weighted by atomic mass is 16.5. The van der Waals surface area contributed by atoms with Crippen molar-refractivity contribution in [3.8, 4) is 0 Å². The van der Waals surface area contributed by atoms with Gasteiger partial charge in [-0.25, -0.2) is 0 Å². The number of hydrogen-bond donors (Lipinski definition) is 2. The van der Waals surface area contributed by atoms with E-state index in [1.165, 1.54) is 13.8 Å². The van der Waals surface area contributed by atoms with Crippen LogP contribution in [0.25, 0.3) is 0 Å². The molecule has 3 aliphatic rings. The lowest BCUT2D eigenvalue weighted by Gasteiger charge is -2.57. The average Bonchev–Trinajstić information content (AvgIpc) is 3.41. The zero-order chi connectivity index (χ0) is 24.7. The molecular weight excluding hydrogens is 436 g/mol. The van der Waals surface area contributed by atoms with Crippen LogP contribution in [0.5, 0.6) is 0 Å². The Hall–Kier alpha value is -1.86. The third-order valence-corrected chi connectivity index (χ3v) is 9.88. The molecule has 8 atom stereocenters. The number of esters is 2. The predicted octanol–water partition coefficient (Wildman–Crippen LogP) is 4.20. The summed E-state index contributed by atoms with van der Waals surface area (Å²) in [5.41, 5.74) is -1.60. The lowest BCUT2D eigenvalue weighted by Crippen LogP contribution is -2.55. The standard InChI is InChI=1S/C27H40O7/c1-17(29)33-16-19-14-20(34-18(2)30)7-10-25(19,3)22-8-11-26(4)23(21(22)15-28)9-12-27(26,31)24-6-5-13-32-24/h5-6,13,19-23,28,31H,7-12,14-16H2,1-4H3/t19-,20+,21-,22+,23+,25+,26+,27-/m1/s1. The van der Waals surface area contributed by atoms with Gasteiger partial charge in [0.2, 0.25) is 0 Å². The van der Waals surface area contributed by atoms with Gasteiger partial charge in [-0.3, -0.25) is 9.59 Å². The minimum atomic E-state index is -1.04. The summed E-state index contributed by atoms with van der Waals surface area (Å²) >= 11 is 0. The topological polar surface area (TPSA) is 106 Å². The molecule has 0 unspecified atom stereocenters. The van der Waals surface area contributed by atoms with Crippen molar-refractivity contribution in [2.75, 3.05) is 13.2 Å². The molecule has 7 heteroatoms. The number of rotatable bonds is 6. The maximum absolute atomic E-state index is 11.8. The lowest BCUT2D eigenvalue weighted by molar-refractivity contribution is -0.172. The second kappa shape index (κ2) is 9.30. The van der Waals surface area contributed by atoms with Crippen molar-refractivity contribution in [1.82, 2.24) is 0 Å². The molecule has 0 saturated heterocycles. The van der Waals surface area contributed by atoms with Crippen molar-refractivity contribution in [2.24, 2.45) is 34.5 Å². The quantitative estimate of drug-likeness (QED) is 0.593. The van der Waals surface area contributed by atoms with Gasteiger partial charge < -0.3 is 24.1 Å². The van der Waals surface area contributed by atoms with Crippen molar-refractivity contribution in [3.63, 3.8) is 0 Å². The molecule has 190 valence electrons. The Balaban J connectivity index is 1.61. The van der Waals surface area contributed by atoms with Gasteiger partial charge in [0.1, 0.15) is 17.5 Å². The first kappa shape index (κ1) is 25.2. The monoisotopic (exact) mass is 476 g/mol. The molecule has 7 nitrogen and oxygen atoms in total. The molecule has 3 fully saturated rings. The first-order valence-corrected chi connectivity index (χ1v) is 12.7. The van der Waals surface area contributed by atoms with Gasteiger partial charge in [0.15, 0.2) is 0 Å². The van der Waals surface area contributed by atoms with Crippen molar-refractivity contribution >= 4 is 11.9 Å². The van der Waals surface area contributed by atoms with E-state index >= 15 is 0 Å². The van der Waals surface area contributed by atoms with Gasteiger partial charge in [-0.1, -0.05) is 13.8 Å². The molecule has 4 rings (SSSR count). The van der Waals surface area contributed by atoms with Crippen LogP contribution in [0, 0.1) is 34.5 Å². The molecule has 0 radical (unpaired) electrons. The summed E-state index contributed by atoms with van der Waals surface area (Å²) in [4.78, 5) is 23.2. The van der Waals surface area contributed by atoms with Gasteiger partial charge in [-0.15, -0.1) is 0 Å². The predicted molar refractivity (Wildman–Crippen MR) is 124 cm³/mol. The molecule has 34 heavy (non-hydrogen) atoms. The summed E-state index contributed by atoms with van der Waals surface area (Å²) in [6.07, 6.45) is 6.83. The van der Waals surface area contributed by atoms with Gasteiger partial charge in [0.25, 0.3) is 0 Å². The van der Waals surface area contributed by atoms with Gasteiger partial charge in [0.05, 0.1) is 12.9 Å². The van der Waals surface area contributed by atoms with Gasteiger partial charge >= 0.3 is 11.9 Å². The van der Waals surface area contributed by atoms with E-state index in [1.54, 1.807) is 6.26 Å². The number of carbonyl (C=O) groups excluding carboxylic acids is 2. The second-order valence-electron chi connectivity index (χ2n) is 11.4. The van der Waals surface area contributed by atoms with E-state index in [4.69, 9.17) is 13.9 Å². The molecule has 0 bridgehead atoms. The zero-order valence-electron chi connectivity index (χ0n) is 20.9. The van der Waals surface area contributed by atoms with Crippen LogP contribution < -0.4 is 0 Å². The Kier molecular flexibility index (Phi) is 6.91. The summed E-state index contributed by atoms with van der Waals surface area (Å²) in [5.74, 6) is 0.447. The highest BCUT2D eigenvalue weighted by molar-refractivity contribution is 5.66. The Morgan fingerprint density at radius 1 is 1.09 bits per heavy atom. The highest BCUT2D eigenvalue weighted by Crippen LogP contribution is 2.67. The van der Waals surface area contributed by atoms with E-state index in [0.29, 0.717) is 18.6 Å². The zero-order valence-corrected chi connectivity index (χ0v) is 20.9. The number of ether oxygens (including phenoxy) is 2. The third-order valence-electron chi connectivity index (χ3n) is 9.88. The molecule has 1 aromatic heterocycles. The second-order valence-corrected chi connectivity index (χ2v) is 11.4.